The standard InChI is InChI=1S/C62H50N2O2/c1-39-29-30-40(2)60(64-38-48-36-46-24-12-16-28-52(46)58(62(48)66)56-50-26-14-10-22-44(50)32-34-54(56)42-19-7-4-8-20-42)59(39)63-37-47-35-45-23-11-15-27-51(45)57(61(47)65)55-49-25-13-9-21-43(49)31-33-53(55)41-17-5-3-6-18-41/h3-28,31-40,59-60,65-66H,29-30H2,1-2H3/t39-,40-,59-,60-/m1/s1. The van der Waals surface area contributed by atoms with Crippen LogP contribution < -0.4 is 0 Å². The Hall–Kier alpha value is -7.82. The largest absolute Gasteiger partial charge is 0.507 e. The molecule has 0 unspecified atom stereocenters. The van der Waals surface area contributed by atoms with Crippen LogP contribution in [-0.2, 0) is 0 Å². The molecule has 66 heavy (non-hydrogen) atoms. The van der Waals surface area contributed by atoms with Gasteiger partial charge in [0.2, 0.25) is 0 Å². The van der Waals surface area contributed by atoms with E-state index in [1.165, 1.54) is 0 Å². The van der Waals surface area contributed by atoms with Crippen molar-refractivity contribution in [3.05, 3.63) is 205 Å². The molecule has 0 aliphatic heterocycles. The minimum atomic E-state index is -0.151. The molecule has 0 bridgehead atoms. The van der Waals surface area contributed by atoms with E-state index in [0.29, 0.717) is 11.1 Å². The predicted octanol–water partition coefficient (Wildman–Crippen LogP) is 15.7. The second kappa shape index (κ2) is 17.3. The van der Waals surface area contributed by atoms with E-state index < -0.39 is 0 Å². The van der Waals surface area contributed by atoms with Gasteiger partial charge in [0.1, 0.15) is 11.5 Å². The van der Waals surface area contributed by atoms with E-state index in [-0.39, 0.29) is 35.4 Å². The zero-order valence-electron chi connectivity index (χ0n) is 37.1. The van der Waals surface area contributed by atoms with E-state index in [4.69, 9.17) is 9.98 Å². The van der Waals surface area contributed by atoms with Crippen molar-refractivity contribution in [2.45, 2.75) is 38.8 Å². The van der Waals surface area contributed by atoms with Crippen LogP contribution in [0.2, 0.25) is 0 Å². The van der Waals surface area contributed by atoms with Gasteiger partial charge in [0.25, 0.3) is 0 Å². The van der Waals surface area contributed by atoms with Crippen LogP contribution in [0.15, 0.2) is 204 Å². The first-order valence-electron chi connectivity index (χ1n) is 23.1. The normalized spacial score (nSPS) is 17.7. The molecule has 0 radical (unpaired) electrons. The Morgan fingerprint density at radius 2 is 0.712 bits per heavy atom. The minimum Gasteiger partial charge on any atom is -0.507 e. The minimum absolute atomic E-state index is 0.151. The van der Waals surface area contributed by atoms with Crippen LogP contribution in [0.1, 0.15) is 37.8 Å². The molecule has 1 fully saturated rings. The Labute approximate surface area is 385 Å². The van der Waals surface area contributed by atoms with Crippen molar-refractivity contribution in [1.82, 2.24) is 0 Å². The third-order valence-corrected chi connectivity index (χ3v) is 14.0. The number of hydrogen-bond acceptors (Lipinski definition) is 4. The first-order chi connectivity index (χ1) is 32.4. The molecule has 0 aromatic heterocycles. The molecule has 0 heterocycles. The average molecular weight is 855 g/mol. The van der Waals surface area contributed by atoms with Crippen LogP contribution >= 0.6 is 0 Å². The third kappa shape index (κ3) is 7.29. The summed E-state index contributed by atoms with van der Waals surface area (Å²) >= 11 is 0. The van der Waals surface area contributed by atoms with Crippen molar-refractivity contribution in [3.8, 4) is 56.0 Å². The maximum absolute atomic E-state index is 12.6. The predicted molar refractivity (Wildman–Crippen MR) is 278 cm³/mol. The lowest BCUT2D eigenvalue weighted by Gasteiger charge is -2.36. The number of nitrogens with zero attached hydrogens (tertiary/aromatic N) is 2. The maximum Gasteiger partial charge on any atom is 0.132 e. The number of fused-ring (bicyclic) bond motifs is 4. The molecule has 0 saturated heterocycles. The smallest absolute Gasteiger partial charge is 0.132 e. The van der Waals surface area contributed by atoms with Crippen molar-refractivity contribution < 1.29 is 10.2 Å². The van der Waals surface area contributed by atoms with Gasteiger partial charge in [-0.1, -0.05) is 196 Å². The van der Waals surface area contributed by atoms with Crippen LogP contribution in [0.25, 0.3) is 87.6 Å². The van der Waals surface area contributed by atoms with Gasteiger partial charge >= 0.3 is 0 Å². The van der Waals surface area contributed by atoms with Crippen LogP contribution in [0.4, 0.5) is 0 Å². The van der Waals surface area contributed by atoms with Crippen LogP contribution in [-0.4, -0.2) is 34.7 Å². The molecule has 4 nitrogen and oxygen atoms in total. The lowest BCUT2D eigenvalue weighted by Crippen LogP contribution is -2.39. The molecule has 10 aromatic carbocycles. The van der Waals surface area contributed by atoms with Gasteiger partial charge in [-0.3, -0.25) is 9.98 Å². The number of benzene rings is 10. The van der Waals surface area contributed by atoms with Crippen molar-refractivity contribution in [3.63, 3.8) is 0 Å². The van der Waals surface area contributed by atoms with Crippen molar-refractivity contribution in [2.24, 2.45) is 21.8 Å². The van der Waals surface area contributed by atoms with Gasteiger partial charge in [-0.05, 0) is 102 Å². The topological polar surface area (TPSA) is 65.2 Å². The van der Waals surface area contributed by atoms with Crippen molar-refractivity contribution >= 4 is 55.5 Å². The highest BCUT2D eigenvalue weighted by atomic mass is 16.3. The van der Waals surface area contributed by atoms with Gasteiger partial charge in [-0.2, -0.15) is 0 Å². The Kier molecular flexibility index (Phi) is 10.7. The summed E-state index contributed by atoms with van der Waals surface area (Å²) in [5, 5.41) is 33.6. The Balaban J connectivity index is 1.03. The average Bonchev–Trinajstić information content (AvgIpc) is 3.36. The number of aromatic hydroxyl groups is 2. The van der Waals surface area contributed by atoms with Gasteiger partial charge in [-0.25, -0.2) is 0 Å². The van der Waals surface area contributed by atoms with Gasteiger partial charge in [-0.15, -0.1) is 0 Å². The Morgan fingerprint density at radius 1 is 0.379 bits per heavy atom. The molecular formula is C62H50N2O2. The summed E-state index contributed by atoms with van der Waals surface area (Å²) < 4.78 is 0. The fourth-order valence-corrected chi connectivity index (χ4v) is 10.6. The lowest BCUT2D eigenvalue weighted by atomic mass is 9.76. The summed E-state index contributed by atoms with van der Waals surface area (Å²) in [6.45, 7) is 4.53. The van der Waals surface area contributed by atoms with E-state index in [1.807, 2.05) is 36.7 Å². The highest BCUT2D eigenvalue weighted by Crippen LogP contribution is 2.48. The molecule has 4 atom stereocenters. The zero-order chi connectivity index (χ0) is 44.7. The zero-order valence-corrected chi connectivity index (χ0v) is 37.1. The number of rotatable bonds is 8. The maximum atomic E-state index is 12.6. The molecule has 1 aliphatic rings. The molecule has 1 aliphatic carbocycles. The third-order valence-electron chi connectivity index (χ3n) is 14.0. The lowest BCUT2D eigenvalue weighted by molar-refractivity contribution is 0.231. The van der Waals surface area contributed by atoms with Gasteiger partial charge in [0.15, 0.2) is 0 Å². The molecule has 0 spiro atoms. The van der Waals surface area contributed by atoms with Gasteiger partial charge in [0.05, 0.1) is 12.1 Å². The quantitative estimate of drug-likeness (QED) is 0.150. The molecule has 11 rings (SSSR count). The molecule has 1 saturated carbocycles. The van der Waals surface area contributed by atoms with E-state index in [2.05, 4.69) is 184 Å². The van der Waals surface area contributed by atoms with Crippen LogP contribution in [0.3, 0.4) is 0 Å². The highest BCUT2D eigenvalue weighted by Gasteiger charge is 2.35. The molecule has 0 amide bonds. The van der Waals surface area contributed by atoms with E-state index in [0.717, 1.165) is 100 Å². The highest BCUT2D eigenvalue weighted by molar-refractivity contribution is 6.16. The second-order valence-electron chi connectivity index (χ2n) is 18.0. The summed E-state index contributed by atoms with van der Waals surface area (Å²) in [6.07, 6.45) is 5.82. The van der Waals surface area contributed by atoms with Crippen LogP contribution in [0, 0.1) is 11.8 Å². The first kappa shape index (κ1) is 40.9. The summed E-state index contributed by atoms with van der Waals surface area (Å²) in [7, 11) is 0. The SMILES string of the molecule is C[C@@H]1CC[C@@H](C)[C@@H](N=Cc2cc3ccccc3c(-c3c(-c4ccccc4)ccc4ccccc34)c2O)[C@@H]1N=Cc1cc2ccccc2c(-c2c(-c3ccccc3)ccc3ccccc23)c1O. The summed E-state index contributed by atoms with van der Waals surface area (Å²) in [4.78, 5) is 10.8. The summed E-state index contributed by atoms with van der Waals surface area (Å²) in [5.41, 5.74) is 9.24. The number of aliphatic imine (C=N–C) groups is 2. The fourth-order valence-electron chi connectivity index (χ4n) is 10.6. The monoisotopic (exact) mass is 854 g/mol. The number of phenolic OH excluding ortho intramolecular Hbond substituents is 2. The molecule has 10 aromatic rings. The Morgan fingerprint density at radius 3 is 1.11 bits per heavy atom. The fraction of sp³-hybridized carbons (Fsp3) is 0.129. The Bertz CT molecular complexity index is 3270. The van der Waals surface area contributed by atoms with E-state index in [9.17, 15) is 10.2 Å². The first-order valence-corrected chi connectivity index (χ1v) is 23.1. The number of phenols is 2. The summed E-state index contributed by atoms with van der Waals surface area (Å²) in [5.74, 6) is 0.905. The van der Waals surface area contributed by atoms with E-state index >= 15 is 0 Å². The van der Waals surface area contributed by atoms with Crippen LogP contribution in [0.5, 0.6) is 11.5 Å². The second-order valence-corrected chi connectivity index (χ2v) is 18.0. The van der Waals surface area contributed by atoms with E-state index in [1.54, 1.807) is 0 Å². The molecule has 4 heteroatoms. The number of hydrogen-bond donors (Lipinski definition) is 2. The van der Waals surface area contributed by atoms with Crippen molar-refractivity contribution in [1.29, 1.82) is 0 Å². The van der Waals surface area contributed by atoms with Gasteiger partial charge in [0, 0.05) is 45.8 Å². The van der Waals surface area contributed by atoms with Crippen molar-refractivity contribution in [2.75, 3.05) is 0 Å². The molecule has 320 valence electrons. The summed E-state index contributed by atoms with van der Waals surface area (Å²) in [6, 6.07) is 66.8. The molecule has 2 N–H and O–H groups in total. The van der Waals surface area contributed by atoms with Gasteiger partial charge < -0.3 is 10.2 Å². The molecular weight excluding hydrogens is 805 g/mol.